The van der Waals surface area contributed by atoms with E-state index in [0.29, 0.717) is 12.1 Å². The van der Waals surface area contributed by atoms with Crippen molar-refractivity contribution in [3.63, 3.8) is 0 Å². The molecule has 110 valence electrons. The third-order valence-corrected chi connectivity index (χ3v) is 3.73. The van der Waals surface area contributed by atoms with Gasteiger partial charge >= 0.3 is 0 Å². The number of benzene rings is 2. The molecule has 5 heteroatoms. The van der Waals surface area contributed by atoms with Gasteiger partial charge < -0.3 is 15.7 Å². The second-order valence-corrected chi connectivity index (χ2v) is 5.65. The average Bonchev–Trinajstić information content (AvgIpc) is 2.48. The Bertz CT molecular complexity index is 671. The molecule has 0 atom stereocenters. The van der Waals surface area contributed by atoms with Crippen molar-refractivity contribution in [1.29, 1.82) is 0 Å². The van der Waals surface area contributed by atoms with Gasteiger partial charge in [-0.1, -0.05) is 22.0 Å². The Balaban J connectivity index is 2.19. The van der Waals surface area contributed by atoms with E-state index in [9.17, 15) is 9.90 Å². The summed E-state index contributed by atoms with van der Waals surface area (Å²) in [4.78, 5) is 11.7. The molecular formula is C16H17BrN2O2. The molecule has 0 saturated heterocycles. The summed E-state index contributed by atoms with van der Waals surface area (Å²) < 4.78 is 0.910. The van der Waals surface area contributed by atoms with E-state index in [2.05, 4.69) is 26.6 Å². The Hall–Kier alpha value is -2.01. The summed E-state index contributed by atoms with van der Waals surface area (Å²) >= 11 is 3.39. The second-order valence-electron chi connectivity index (χ2n) is 4.74. The van der Waals surface area contributed by atoms with Gasteiger partial charge in [-0.15, -0.1) is 0 Å². The molecule has 0 fully saturated rings. The number of hydrogen-bond donors (Lipinski definition) is 3. The predicted octanol–water partition coefficient (Wildman–Crippen LogP) is 3.43. The maximum absolute atomic E-state index is 11.7. The number of phenols is 1. The first-order valence-electron chi connectivity index (χ1n) is 6.55. The van der Waals surface area contributed by atoms with E-state index >= 15 is 0 Å². The van der Waals surface area contributed by atoms with Crippen LogP contribution in [0.5, 0.6) is 5.75 Å². The quantitative estimate of drug-likeness (QED) is 0.793. The molecule has 2 rings (SSSR count). The molecule has 0 aliphatic heterocycles. The summed E-state index contributed by atoms with van der Waals surface area (Å²) in [6, 6.07) is 10.8. The molecule has 2 aromatic rings. The standard InChI is InChI=1S/C16H17BrN2O2/c1-10-3-4-11(16(21)18-2)8-14(10)19-9-12-7-13(17)5-6-15(12)20/h3-8,19-20H,9H2,1-2H3,(H,18,21). The molecule has 0 bridgehead atoms. The number of nitrogens with one attached hydrogen (secondary N) is 2. The highest BCUT2D eigenvalue weighted by molar-refractivity contribution is 9.10. The van der Waals surface area contributed by atoms with Gasteiger partial charge in [0.15, 0.2) is 0 Å². The summed E-state index contributed by atoms with van der Waals surface area (Å²) in [5, 5.41) is 15.7. The van der Waals surface area contributed by atoms with Gasteiger partial charge in [-0.25, -0.2) is 0 Å². The number of halogens is 1. The Morgan fingerprint density at radius 1 is 1.24 bits per heavy atom. The van der Waals surface area contributed by atoms with Crippen LogP contribution in [-0.4, -0.2) is 18.1 Å². The van der Waals surface area contributed by atoms with Crippen molar-refractivity contribution >= 4 is 27.5 Å². The molecule has 1 amide bonds. The van der Waals surface area contributed by atoms with Gasteiger partial charge in [0.2, 0.25) is 0 Å². The van der Waals surface area contributed by atoms with Gasteiger partial charge in [0.25, 0.3) is 5.91 Å². The maximum Gasteiger partial charge on any atom is 0.251 e. The summed E-state index contributed by atoms with van der Waals surface area (Å²) in [7, 11) is 1.61. The molecule has 0 heterocycles. The number of aryl methyl sites for hydroxylation is 1. The molecule has 21 heavy (non-hydrogen) atoms. The molecule has 0 radical (unpaired) electrons. The first-order chi connectivity index (χ1) is 10.0. The monoisotopic (exact) mass is 348 g/mol. The zero-order valence-corrected chi connectivity index (χ0v) is 13.5. The van der Waals surface area contributed by atoms with Crippen LogP contribution in [0.2, 0.25) is 0 Å². The molecule has 0 aliphatic carbocycles. The SMILES string of the molecule is CNC(=O)c1ccc(C)c(NCc2cc(Br)ccc2O)c1. The second kappa shape index (κ2) is 6.63. The zero-order valence-electron chi connectivity index (χ0n) is 11.9. The van der Waals surface area contributed by atoms with Crippen molar-refractivity contribution < 1.29 is 9.90 Å². The summed E-state index contributed by atoms with van der Waals surface area (Å²) in [5.41, 5.74) is 3.30. The van der Waals surface area contributed by atoms with E-state index in [1.807, 2.05) is 25.1 Å². The topological polar surface area (TPSA) is 61.4 Å². The molecule has 2 aromatic carbocycles. The van der Waals surface area contributed by atoms with Gasteiger partial charge in [0.1, 0.15) is 5.75 Å². The number of phenolic OH excluding ortho intramolecular Hbond substituents is 1. The van der Waals surface area contributed by atoms with Crippen molar-refractivity contribution in [2.45, 2.75) is 13.5 Å². The number of amides is 1. The van der Waals surface area contributed by atoms with Crippen molar-refractivity contribution in [3.05, 3.63) is 57.6 Å². The van der Waals surface area contributed by atoms with Crippen molar-refractivity contribution in [2.24, 2.45) is 0 Å². The molecule has 0 aromatic heterocycles. The lowest BCUT2D eigenvalue weighted by molar-refractivity contribution is 0.0963. The number of rotatable bonds is 4. The molecule has 0 saturated carbocycles. The highest BCUT2D eigenvalue weighted by Crippen LogP contribution is 2.24. The van der Waals surface area contributed by atoms with Crippen LogP contribution in [0.25, 0.3) is 0 Å². The lowest BCUT2D eigenvalue weighted by Gasteiger charge is -2.12. The highest BCUT2D eigenvalue weighted by Gasteiger charge is 2.07. The van der Waals surface area contributed by atoms with Crippen LogP contribution in [0.1, 0.15) is 21.5 Å². The van der Waals surface area contributed by atoms with E-state index in [1.165, 1.54) is 0 Å². The van der Waals surface area contributed by atoms with Crippen LogP contribution in [0.15, 0.2) is 40.9 Å². The third kappa shape index (κ3) is 3.76. The van der Waals surface area contributed by atoms with Gasteiger partial charge in [-0.2, -0.15) is 0 Å². The van der Waals surface area contributed by atoms with Crippen LogP contribution in [-0.2, 0) is 6.54 Å². The minimum Gasteiger partial charge on any atom is -0.508 e. The van der Waals surface area contributed by atoms with Crippen molar-refractivity contribution in [2.75, 3.05) is 12.4 Å². The minimum atomic E-state index is -0.122. The Labute approximate surface area is 132 Å². The fourth-order valence-corrected chi connectivity index (χ4v) is 2.39. The van der Waals surface area contributed by atoms with Crippen LogP contribution in [0.3, 0.4) is 0 Å². The van der Waals surface area contributed by atoms with Crippen LogP contribution in [0, 0.1) is 6.92 Å². The van der Waals surface area contributed by atoms with Gasteiger partial charge in [-0.3, -0.25) is 4.79 Å². The predicted molar refractivity (Wildman–Crippen MR) is 87.7 cm³/mol. The molecular weight excluding hydrogens is 332 g/mol. The van der Waals surface area contributed by atoms with Crippen molar-refractivity contribution in [1.82, 2.24) is 5.32 Å². The number of anilines is 1. The first kappa shape index (κ1) is 15.4. The first-order valence-corrected chi connectivity index (χ1v) is 7.34. The molecule has 3 N–H and O–H groups in total. The Kier molecular flexibility index (Phi) is 4.85. The fourth-order valence-electron chi connectivity index (χ4n) is 1.98. The third-order valence-electron chi connectivity index (χ3n) is 3.24. The average molecular weight is 349 g/mol. The van der Waals surface area contributed by atoms with E-state index in [4.69, 9.17) is 0 Å². The van der Waals surface area contributed by atoms with Gasteiger partial charge in [-0.05, 0) is 42.8 Å². The molecule has 4 nitrogen and oxygen atoms in total. The molecule has 0 aliphatic rings. The number of carbonyl (C=O) groups is 1. The Morgan fingerprint density at radius 2 is 2.00 bits per heavy atom. The molecule has 0 spiro atoms. The highest BCUT2D eigenvalue weighted by atomic mass is 79.9. The fraction of sp³-hybridized carbons (Fsp3) is 0.188. The summed E-state index contributed by atoms with van der Waals surface area (Å²) in [6.45, 7) is 2.44. The largest absolute Gasteiger partial charge is 0.508 e. The normalized spacial score (nSPS) is 10.2. The number of hydrogen-bond acceptors (Lipinski definition) is 3. The minimum absolute atomic E-state index is 0.122. The van der Waals surface area contributed by atoms with Crippen LogP contribution < -0.4 is 10.6 Å². The Morgan fingerprint density at radius 3 is 2.71 bits per heavy atom. The van der Waals surface area contributed by atoms with Crippen molar-refractivity contribution in [3.8, 4) is 5.75 Å². The number of aromatic hydroxyl groups is 1. The zero-order chi connectivity index (χ0) is 15.4. The van der Waals surface area contributed by atoms with E-state index < -0.39 is 0 Å². The summed E-state index contributed by atoms with van der Waals surface area (Å²) in [5.74, 6) is 0.120. The summed E-state index contributed by atoms with van der Waals surface area (Å²) in [6.07, 6.45) is 0. The number of carbonyl (C=O) groups excluding carboxylic acids is 1. The smallest absolute Gasteiger partial charge is 0.251 e. The van der Waals surface area contributed by atoms with Gasteiger partial charge in [0.05, 0.1) is 0 Å². The van der Waals surface area contributed by atoms with Gasteiger partial charge in [0, 0.05) is 34.9 Å². The van der Waals surface area contributed by atoms with E-state index in [1.54, 1.807) is 25.2 Å². The van der Waals surface area contributed by atoms with Crippen LogP contribution in [0.4, 0.5) is 5.69 Å². The van der Waals surface area contributed by atoms with E-state index in [-0.39, 0.29) is 11.7 Å². The maximum atomic E-state index is 11.7. The molecule has 0 unspecified atom stereocenters. The van der Waals surface area contributed by atoms with E-state index in [0.717, 1.165) is 21.3 Å². The lowest BCUT2D eigenvalue weighted by Crippen LogP contribution is -2.18. The lowest BCUT2D eigenvalue weighted by atomic mass is 10.1. The van der Waals surface area contributed by atoms with Crippen LogP contribution >= 0.6 is 15.9 Å².